The highest BCUT2D eigenvalue weighted by Gasteiger charge is 2.45. The molecule has 1 saturated heterocycles. The van der Waals surface area contributed by atoms with Crippen molar-refractivity contribution in [1.82, 2.24) is 15.2 Å². The summed E-state index contributed by atoms with van der Waals surface area (Å²) in [5.41, 5.74) is 2.16. The second-order valence-electron chi connectivity index (χ2n) is 12.1. The molecule has 2 atom stereocenters. The molecule has 7 nitrogen and oxygen atoms in total. The van der Waals surface area contributed by atoms with Crippen LogP contribution in [0.3, 0.4) is 0 Å². The Balaban J connectivity index is 1.64. The number of aliphatic hydroxyl groups is 1. The van der Waals surface area contributed by atoms with E-state index in [0.717, 1.165) is 56.2 Å². The Bertz CT molecular complexity index is 1140. The zero-order chi connectivity index (χ0) is 29.4. The molecule has 1 saturated carbocycles. The third-order valence-electron chi connectivity index (χ3n) is 8.97. The van der Waals surface area contributed by atoms with Gasteiger partial charge in [0.15, 0.2) is 0 Å². The van der Waals surface area contributed by atoms with Crippen LogP contribution in [0.1, 0.15) is 75.8 Å². The van der Waals surface area contributed by atoms with Crippen LogP contribution in [-0.4, -0.2) is 74.0 Å². The first kappa shape index (κ1) is 31.9. The highest BCUT2D eigenvalue weighted by Crippen LogP contribution is 2.43. The third-order valence-corrected chi connectivity index (χ3v) is 9.26. The number of nitrogens with one attached hydrogen (secondary N) is 1. The van der Waals surface area contributed by atoms with E-state index in [9.17, 15) is 9.90 Å². The van der Waals surface area contributed by atoms with Gasteiger partial charge in [0.05, 0.1) is 13.2 Å². The Morgan fingerprint density at radius 3 is 2.73 bits per heavy atom. The summed E-state index contributed by atoms with van der Waals surface area (Å²) < 4.78 is 11.6. The molecular formula is C33H48ClN3O4. The fourth-order valence-corrected chi connectivity index (χ4v) is 6.80. The summed E-state index contributed by atoms with van der Waals surface area (Å²) in [6.45, 7) is 7.23. The van der Waals surface area contributed by atoms with E-state index in [-0.39, 0.29) is 11.8 Å². The molecule has 2 N–H and O–H groups in total. The molecule has 1 amide bonds. The summed E-state index contributed by atoms with van der Waals surface area (Å²) in [6, 6.07) is 10.1. The van der Waals surface area contributed by atoms with Crippen molar-refractivity contribution in [1.29, 1.82) is 0 Å². The zero-order valence-electron chi connectivity index (χ0n) is 25.2. The SMILES string of the molecule is CNCC1CCC(C(=O)N2CCO[C@@H](C(O)(CCCCOC)c3ccnc(Cl)c3-c3cccc(C(C)C)c3)C2)CC1. The van der Waals surface area contributed by atoms with Crippen LogP contribution in [0.15, 0.2) is 36.5 Å². The number of unbranched alkanes of at least 4 members (excludes halogenated alkanes) is 1. The van der Waals surface area contributed by atoms with Gasteiger partial charge in [-0.3, -0.25) is 4.79 Å². The highest BCUT2D eigenvalue weighted by molar-refractivity contribution is 6.32. The van der Waals surface area contributed by atoms with Gasteiger partial charge in [0.1, 0.15) is 16.9 Å². The van der Waals surface area contributed by atoms with Crippen molar-refractivity contribution >= 4 is 17.5 Å². The Labute approximate surface area is 251 Å². The molecule has 1 aromatic carbocycles. The van der Waals surface area contributed by atoms with Crippen LogP contribution in [0, 0.1) is 11.8 Å². The summed E-state index contributed by atoms with van der Waals surface area (Å²) in [5.74, 6) is 1.22. The number of amides is 1. The number of ether oxygens (including phenoxy) is 2. The smallest absolute Gasteiger partial charge is 0.225 e. The van der Waals surface area contributed by atoms with Gasteiger partial charge in [-0.2, -0.15) is 0 Å². The average molecular weight is 586 g/mol. The monoisotopic (exact) mass is 585 g/mol. The lowest BCUT2D eigenvalue weighted by Crippen LogP contribution is -2.55. The van der Waals surface area contributed by atoms with Gasteiger partial charge in [0.2, 0.25) is 5.91 Å². The first-order valence-electron chi connectivity index (χ1n) is 15.3. The second-order valence-corrected chi connectivity index (χ2v) is 12.5. The number of carbonyl (C=O) groups excluding carboxylic acids is 1. The van der Waals surface area contributed by atoms with Crippen LogP contribution in [0.4, 0.5) is 0 Å². The maximum absolute atomic E-state index is 13.7. The van der Waals surface area contributed by atoms with Crippen molar-refractivity contribution < 1.29 is 19.4 Å². The van der Waals surface area contributed by atoms with Gasteiger partial charge in [0.25, 0.3) is 0 Å². The molecule has 8 heteroatoms. The van der Waals surface area contributed by atoms with Gasteiger partial charge in [-0.15, -0.1) is 0 Å². The molecule has 0 bridgehead atoms. The van der Waals surface area contributed by atoms with E-state index < -0.39 is 11.7 Å². The van der Waals surface area contributed by atoms with E-state index in [1.54, 1.807) is 13.3 Å². The second kappa shape index (κ2) is 14.9. The molecule has 2 heterocycles. The van der Waals surface area contributed by atoms with Gasteiger partial charge in [-0.1, -0.05) is 49.7 Å². The minimum atomic E-state index is -1.37. The topological polar surface area (TPSA) is 83.9 Å². The van der Waals surface area contributed by atoms with Gasteiger partial charge >= 0.3 is 0 Å². The predicted molar refractivity (Wildman–Crippen MR) is 164 cm³/mol. The van der Waals surface area contributed by atoms with Crippen molar-refractivity contribution in [3.8, 4) is 11.1 Å². The molecule has 4 rings (SSSR count). The summed E-state index contributed by atoms with van der Waals surface area (Å²) in [4.78, 5) is 20.0. The fourth-order valence-electron chi connectivity index (χ4n) is 6.53. The maximum Gasteiger partial charge on any atom is 0.225 e. The largest absolute Gasteiger partial charge is 0.385 e. The van der Waals surface area contributed by atoms with Crippen LogP contribution >= 0.6 is 11.6 Å². The number of benzene rings is 1. The van der Waals surface area contributed by atoms with Gasteiger partial charge in [-0.05, 0) is 93.1 Å². The van der Waals surface area contributed by atoms with Crippen molar-refractivity contribution in [2.24, 2.45) is 11.8 Å². The van der Waals surface area contributed by atoms with Crippen LogP contribution in [0.25, 0.3) is 11.1 Å². The lowest BCUT2D eigenvalue weighted by Gasteiger charge is -2.44. The number of pyridine rings is 1. The average Bonchev–Trinajstić information content (AvgIpc) is 2.99. The zero-order valence-corrected chi connectivity index (χ0v) is 26.0. The first-order chi connectivity index (χ1) is 19.8. The van der Waals surface area contributed by atoms with Gasteiger partial charge in [0, 0.05) is 37.9 Å². The van der Waals surface area contributed by atoms with Gasteiger partial charge in [-0.25, -0.2) is 4.98 Å². The van der Waals surface area contributed by atoms with Crippen LogP contribution in [0.5, 0.6) is 0 Å². The predicted octanol–water partition coefficient (Wildman–Crippen LogP) is 5.78. The Morgan fingerprint density at radius 1 is 1.24 bits per heavy atom. The molecule has 0 spiro atoms. The number of carbonyl (C=O) groups is 1. The molecule has 1 aromatic heterocycles. The molecule has 2 aromatic rings. The minimum Gasteiger partial charge on any atom is -0.385 e. The molecule has 226 valence electrons. The molecule has 2 aliphatic rings. The Hall–Kier alpha value is -2.03. The van der Waals surface area contributed by atoms with E-state index in [1.807, 2.05) is 30.1 Å². The number of nitrogens with zero attached hydrogens (tertiary/aromatic N) is 2. The molecule has 1 unspecified atom stereocenters. The summed E-state index contributed by atoms with van der Waals surface area (Å²) >= 11 is 6.79. The lowest BCUT2D eigenvalue weighted by atomic mass is 9.78. The van der Waals surface area contributed by atoms with Crippen molar-refractivity contribution in [3.05, 3.63) is 52.8 Å². The minimum absolute atomic E-state index is 0.0429. The van der Waals surface area contributed by atoms with E-state index in [4.69, 9.17) is 21.1 Å². The third kappa shape index (κ3) is 7.68. The number of aromatic nitrogens is 1. The molecule has 2 fully saturated rings. The number of hydrogen-bond acceptors (Lipinski definition) is 6. The summed E-state index contributed by atoms with van der Waals surface area (Å²) in [6.07, 6.45) is 7.05. The van der Waals surface area contributed by atoms with Gasteiger partial charge < -0.3 is 24.8 Å². The van der Waals surface area contributed by atoms with Crippen molar-refractivity contribution in [2.75, 3.05) is 47.0 Å². The molecule has 1 aliphatic heterocycles. The van der Waals surface area contributed by atoms with Crippen LogP contribution < -0.4 is 5.32 Å². The highest BCUT2D eigenvalue weighted by atomic mass is 35.5. The van der Waals surface area contributed by atoms with E-state index in [1.165, 1.54) is 5.56 Å². The summed E-state index contributed by atoms with van der Waals surface area (Å²) in [7, 11) is 3.68. The van der Waals surface area contributed by atoms with Crippen LogP contribution in [0.2, 0.25) is 5.15 Å². The Kier molecular flexibility index (Phi) is 11.6. The first-order valence-corrected chi connectivity index (χ1v) is 15.7. The van der Waals surface area contributed by atoms with Crippen molar-refractivity contribution in [3.63, 3.8) is 0 Å². The number of halogens is 1. The van der Waals surface area contributed by atoms with E-state index in [2.05, 4.69) is 36.3 Å². The normalized spacial score (nSPS) is 23.0. The van der Waals surface area contributed by atoms with E-state index in [0.29, 0.717) is 55.3 Å². The quantitative estimate of drug-likeness (QED) is 0.243. The standard InChI is InChI=1S/C33H48ClN3O4/c1-23(2)26-8-7-9-27(20-26)30-28(14-16-36-31(30)34)33(39,15-5-6-18-40-4)29-22-37(17-19-41-29)32(38)25-12-10-24(11-13-25)21-35-3/h7-9,14,16,20,23-25,29,35,39H,5-6,10-13,15,17-19,21-22H2,1-4H3/t24?,25?,29-,33?/m1/s1. The lowest BCUT2D eigenvalue weighted by molar-refractivity contribution is -0.168. The number of methoxy groups -OCH3 is 1. The van der Waals surface area contributed by atoms with Crippen molar-refractivity contribution in [2.45, 2.75) is 76.4 Å². The number of rotatable bonds is 12. The maximum atomic E-state index is 13.7. The molecule has 1 aliphatic carbocycles. The van der Waals surface area contributed by atoms with Crippen LogP contribution in [-0.2, 0) is 19.9 Å². The number of hydrogen-bond donors (Lipinski definition) is 2. The number of morpholine rings is 1. The molecule has 41 heavy (non-hydrogen) atoms. The van der Waals surface area contributed by atoms with E-state index >= 15 is 0 Å². The molecular weight excluding hydrogens is 538 g/mol. The molecule has 0 radical (unpaired) electrons. The Morgan fingerprint density at radius 2 is 2.02 bits per heavy atom. The summed E-state index contributed by atoms with van der Waals surface area (Å²) in [5, 5.41) is 16.3. The fraction of sp³-hybridized carbons (Fsp3) is 0.636.